The monoisotopic (exact) mass is 444 g/mol. The number of nitrogens with zero attached hydrogens (tertiary/aromatic N) is 1. The molecule has 0 unspecified atom stereocenters. The first-order valence-electron chi connectivity index (χ1n) is 8.47. The van der Waals surface area contributed by atoms with Crippen LogP contribution in [0, 0.1) is 0 Å². The van der Waals surface area contributed by atoms with Crippen molar-refractivity contribution in [2.24, 2.45) is 0 Å². The maximum atomic E-state index is 12.7. The number of rotatable bonds is 5. The molecule has 1 saturated heterocycles. The number of hydrazine groups is 1. The molecule has 2 aromatic rings. The van der Waals surface area contributed by atoms with Crippen LogP contribution in [0.15, 0.2) is 52.5 Å². The Kier molecular flexibility index (Phi) is 5.79. The summed E-state index contributed by atoms with van der Waals surface area (Å²) in [5.74, 6) is -0.896. The molecule has 2 amide bonds. The van der Waals surface area contributed by atoms with Crippen LogP contribution in [0.2, 0.25) is 0 Å². The van der Waals surface area contributed by atoms with E-state index >= 15 is 0 Å². The Morgan fingerprint density at radius 1 is 1.21 bits per heavy atom. The average molecular weight is 445 g/mol. The van der Waals surface area contributed by atoms with Gasteiger partial charge in [0.1, 0.15) is 5.57 Å². The predicted molar refractivity (Wildman–Crippen MR) is 107 cm³/mol. The van der Waals surface area contributed by atoms with Crippen molar-refractivity contribution in [1.82, 2.24) is 5.43 Å². The fraction of sp³-hybridized carbons (Fsp3) is 0.150. The van der Waals surface area contributed by atoms with Gasteiger partial charge in [-0.2, -0.15) is 0 Å². The van der Waals surface area contributed by atoms with Gasteiger partial charge in [-0.3, -0.25) is 19.8 Å². The summed E-state index contributed by atoms with van der Waals surface area (Å²) in [7, 11) is 0. The van der Waals surface area contributed by atoms with E-state index in [9.17, 15) is 14.4 Å². The molecule has 0 atom stereocenters. The van der Waals surface area contributed by atoms with Crippen LogP contribution in [-0.4, -0.2) is 24.4 Å². The molecule has 0 aliphatic carbocycles. The summed E-state index contributed by atoms with van der Waals surface area (Å²) in [6.45, 7) is 3.43. The van der Waals surface area contributed by atoms with Gasteiger partial charge < -0.3 is 9.47 Å². The van der Waals surface area contributed by atoms with Crippen LogP contribution in [0.3, 0.4) is 0 Å². The van der Waals surface area contributed by atoms with Crippen molar-refractivity contribution in [3.8, 4) is 11.5 Å². The van der Waals surface area contributed by atoms with Crippen molar-refractivity contribution in [3.63, 3.8) is 0 Å². The second-order valence-electron chi connectivity index (χ2n) is 5.83. The number of carbonyl (C=O) groups is 3. The van der Waals surface area contributed by atoms with E-state index in [0.29, 0.717) is 28.1 Å². The molecule has 0 spiro atoms. The maximum absolute atomic E-state index is 12.7. The third kappa shape index (κ3) is 4.07. The van der Waals surface area contributed by atoms with Crippen molar-refractivity contribution < 1.29 is 23.9 Å². The Balaban J connectivity index is 1.97. The quantitative estimate of drug-likeness (QED) is 0.331. The number of hydrogen-bond donors (Lipinski definition) is 1. The Bertz CT molecular complexity index is 972. The molecule has 8 heteroatoms. The summed E-state index contributed by atoms with van der Waals surface area (Å²) in [5, 5.41) is 1.19. The van der Waals surface area contributed by atoms with Crippen LogP contribution < -0.4 is 19.9 Å². The molecule has 0 saturated carbocycles. The Labute approximate surface area is 170 Å². The van der Waals surface area contributed by atoms with Crippen molar-refractivity contribution in [1.29, 1.82) is 0 Å². The zero-order valence-electron chi connectivity index (χ0n) is 15.2. The molecule has 0 bridgehead atoms. The molecular weight excluding hydrogens is 428 g/mol. The van der Waals surface area contributed by atoms with Crippen molar-refractivity contribution in [2.45, 2.75) is 13.8 Å². The maximum Gasteiger partial charge on any atom is 0.308 e. The van der Waals surface area contributed by atoms with Gasteiger partial charge in [0.05, 0.1) is 16.8 Å². The average Bonchev–Trinajstić information content (AvgIpc) is 2.93. The van der Waals surface area contributed by atoms with E-state index in [4.69, 9.17) is 9.47 Å². The predicted octanol–water partition coefficient (Wildman–Crippen LogP) is 3.23. The highest BCUT2D eigenvalue weighted by atomic mass is 79.9. The summed E-state index contributed by atoms with van der Waals surface area (Å²) >= 11 is 3.34. The zero-order valence-corrected chi connectivity index (χ0v) is 16.8. The van der Waals surface area contributed by atoms with Crippen LogP contribution in [-0.2, 0) is 14.4 Å². The van der Waals surface area contributed by atoms with Gasteiger partial charge in [-0.25, -0.2) is 5.01 Å². The fourth-order valence-electron chi connectivity index (χ4n) is 2.66. The first-order chi connectivity index (χ1) is 13.4. The van der Waals surface area contributed by atoms with E-state index in [0.717, 1.165) is 0 Å². The number of amides is 2. The molecule has 2 aromatic carbocycles. The van der Waals surface area contributed by atoms with E-state index in [-0.39, 0.29) is 11.3 Å². The fourth-order valence-corrected chi connectivity index (χ4v) is 3.20. The summed E-state index contributed by atoms with van der Waals surface area (Å²) in [5.41, 5.74) is 3.63. The van der Waals surface area contributed by atoms with E-state index < -0.39 is 17.8 Å². The summed E-state index contributed by atoms with van der Waals surface area (Å²) < 4.78 is 11.2. The second kappa shape index (κ2) is 8.26. The standard InChI is InChI=1S/C20H17BrN2O5/c1-3-27-17-11-13(10-16(21)18(17)28-12(2)24)9-15-19(25)22-23(20(15)26)14-7-5-4-6-8-14/h4-11H,3H2,1-2H3,(H,22,25). The lowest BCUT2D eigenvalue weighted by atomic mass is 10.1. The summed E-state index contributed by atoms with van der Waals surface area (Å²) in [6.07, 6.45) is 1.46. The van der Waals surface area contributed by atoms with E-state index in [1.54, 1.807) is 43.3 Å². The molecule has 144 valence electrons. The number of nitrogens with one attached hydrogen (secondary N) is 1. The third-order valence-electron chi connectivity index (χ3n) is 3.79. The van der Waals surface area contributed by atoms with Gasteiger partial charge in [-0.05, 0) is 58.8 Å². The van der Waals surface area contributed by atoms with Crippen molar-refractivity contribution in [3.05, 3.63) is 58.1 Å². The molecule has 7 nitrogen and oxygen atoms in total. The molecule has 1 heterocycles. The third-order valence-corrected chi connectivity index (χ3v) is 4.38. The minimum atomic E-state index is -0.507. The largest absolute Gasteiger partial charge is 0.490 e. The number of anilines is 1. The molecule has 0 aromatic heterocycles. The molecular formula is C20H17BrN2O5. The summed E-state index contributed by atoms with van der Waals surface area (Å²) in [4.78, 5) is 36.3. The van der Waals surface area contributed by atoms with E-state index in [1.807, 2.05) is 6.07 Å². The van der Waals surface area contributed by atoms with Crippen molar-refractivity contribution in [2.75, 3.05) is 11.6 Å². The SMILES string of the molecule is CCOc1cc(C=C2C(=O)NN(c3ccccc3)C2=O)cc(Br)c1OC(C)=O. The number of halogens is 1. The van der Waals surface area contributed by atoms with E-state index in [1.165, 1.54) is 18.0 Å². The molecule has 1 fully saturated rings. The van der Waals surface area contributed by atoms with Gasteiger partial charge in [-0.1, -0.05) is 18.2 Å². The lowest BCUT2D eigenvalue weighted by Gasteiger charge is -2.14. The normalized spacial score (nSPS) is 15.0. The molecule has 28 heavy (non-hydrogen) atoms. The lowest BCUT2D eigenvalue weighted by molar-refractivity contribution is -0.132. The lowest BCUT2D eigenvalue weighted by Crippen LogP contribution is -2.35. The molecule has 1 N–H and O–H groups in total. The van der Waals surface area contributed by atoms with Crippen LogP contribution >= 0.6 is 15.9 Å². The first kappa shape index (κ1) is 19.6. The Hall–Kier alpha value is -3.13. The van der Waals surface area contributed by atoms with Crippen LogP contribution in [0.1, 0.15) is 19.4 Å². The summed E-state index contributed by atoms with van der Waals surface area (Å²) in [6, 6.07) is 12.0. The molecule has 3 rings (SSSR count). The van der Waals surface area contributed by atoms with Crippen LogP contribution in [0.4, 0.5) is 5.69 Å². The number of ether oxygens (including phenoxy) is 2. The number of esters is 1. The Morgan fingerprint density at radius 2 is 1.93 bits per heavy atom. The number of para-hydroxylation sites is 1. The highest BCUT2D eigenvalue weighted by molar-refractivity contribution is 9.10. The highest BCUT2D eigenvalue weighted by Gasteiger charge is 2.34. The van der Waals surface area contributed by atoms with Gasteiger partial charge in [0, 0.05) is 6.92 Å². The molecule has 1 aliphatic heterocycles. The molecule has 1 aliphatic rings. The minimum absolute atomic E-state index is 0.0153. The van der Waals surface area contributed by atoms with Gasteiger partial charge in [0.2, 0.25) is 0 Å². The highest BCUT2D eigenvalue weighted by Crippen LogP contribution is 2.38. The smallest absolute Gasteiger partial charge is 0.308 e. The van der Waals surface area contributed by atoms with Crippen LogP contribution in [0.25, 0.3) is 6.08 Å². The van der Waals surface area contributed by atoms with Gasteiger partial charge >= 0.3 is 5.97 Å². The topological polar surface area (TPSA) is 84.9 Å². The molecule has 0 radical (unpaired) electrons. The number of carbonyl (C=O) groups excluding carboxylic acids is 3. The second-order valence-corrected chi connectivity index (χ2v) is 6.69. The Morgan fingerprint density at radius 3 is 2.57 bits per heavy atom. The number of benzene rings is 2. The van der Waals surface area contributed by atoms with E-state index in [2.05, 4.69) is 21.4 Å². The van der Waals surface area contributed by atoms with Gasteiger partial charge in [0.15, 0.2) is 11.5 Å². The van der Waals surface area contributed by atoms with Gasteiger partial charge in [0.25, 0.3) is 11.8 Å². The van der Waals surface area contributed by atoms with Gasteiger partial charge in [-0.15, -0.1) is 0 Å². The first-order valence-corrected chi connectivity index (χ1v) is 9.27. The minimum Gasteiger partial charge on any atom is -0.490 e. The van der Waals surface area contributed by atoms with Crippen LogP contribution in [0.5, 0.6) is 11.5 Å². The van der Waals surface area contributed by atoms with Crippen molar-refractivity contribution >= 4 is 45.5 Å². The number of hydrogen-bond acceptors (Lipinski definition) is 5. The zero-order chi connectivity index (χ0) is 20.3.